The minimum absolute atomic E-state index is 0.0993. The van der Waals surface area contributed by atoms with Gasteiger partial charge in [0.2, 0.25) is 5.91 Å². The summed E-state index contributed by atoms with van der Waals surface area (Å²) >= 11 is 0. The van der Waals surface area contributed by atoms with E-state index < -0.39 is 5.41 Å². The molecule has 0 aromatic heterocycles. The lowest BCUT2D eigenvalue weighted by atomic mass is 9.78. The summed E-state index contributed by atoms with van der Waals surface area (Å²) in [6.45, 7) is 6.88. The van der Waals surface area contributed by atoms with Gasteiger partial charge in [-0.1, -0.05) is 13.8 Å². The molecular weight excluding hydrogens is 242 g/mol. The Labute approximate surface area is 115 Å². The fourth-order valence-corrected chi connectivity index (χ4v) is 2.50. The van der Waals surface area contributed by atoms with Gasteiger partial charge in [-0.3, -0.25) is 4.79 Å². The van der Waals surface area contributed by atoms with E-state index in [0.29, 0.717) is 58.0 Å². The van der Waals surface area contributed by atoms with Gasteiger partial charge in [-0.15, -0.1) is 0 Å². The van der Waals surface area contributed by atoms with E-state index in [2.05, 4.69) is 19.9 Å². The van der Waals surface area contributed by atoms with E-state index in [1.807, 2.05) is 4.90 Å². The number of carbonyl (C=O) groups excluding carboxylic acids is 1. The number of rotatable bonds is 6. The fraction of sp³-hybridized carbons (Fsp3) is 0.857. The average Bonchev–Trinajstić information content (AvgIpc) is 2.43. The summed E-state index contributed by atoms with van der Waals surface area (Å²) in [5.74, 6) is 0.486. The van der Waals surface area contributed by atoms with Gasteiger partial charge in [0.25, 0.3) is 0 Å². The van der Waals surface area contributed by atoms with Gasteiger partial charge in [0, 0.05) is 32.8 Å². The summed E-state index contributed by atoms with van der Waals surface area (Å²) in [6, 6.07) is 2.11. The lowest BCUT2D eigenvalue weighted by Crippen LogP contribution is -2.51. The summed E-state index contributed by atoms with van der Waals surface area (Å²) in [6.07, 6.45) is 1.74. The molecule has 1 rings (SSSR count). The first kappa shape index (κ1) is 15.9. The minimum atomic E-state index is -0.484. The first-order chi connectivity index (χ1) is 9.05. The van der Waals surface area contributed by atoms with E-state index in [1.54, 1.807) is 0 Å². The Balaban J connectivity index is 2.80. The molecule has 0 radical (unpaired) electrons. The number of nitrogens with two attached hydrogens (primary N) is 1. The molecule has 5 nitrogen and oxygen atoms in total. The predicted octanol–water partition coefficient (Wildman–Crippen LogP) is 1.14. The fourth-order valence-electron chi connectivity index (χ4n) is 2.50. The molecule has 1 aliphatic heterocycles. The Hall–Kier alpha value is -1.12. The molecule has 1 fully saturated rings. The maximum atomic E-state index is 12.8. The van der Waals surface area contributed by atoms with E-state index in [1.165, 1.54) is 0 Å². The van der Waals surface area contributed by atoms with Crippen molar-refractivity contribution in [2.45, 2.75) is 33.1 Å². The summed E-state index contributed by atoms with van der Waals surface area (Å²) < 4.78 is 5.34. The molecule has 1 aliphatic rings. The maximum absolute atomic E-state index is 12.8. The third kappa shape index (κ3) is 4.19. The van der Waals surface area contributed by atoms with Crippen molar-refractivity contribution in [1.82, 2.24) is 4.90 Å². The second-order valence-electron chi connectivity index (χ2n) is 5.65. The number of carbonyl (C=O) groups is 1. The monoisotopic (exact) mass is 267 g/mol. The van der Waals surface area contributed by atoms with Gasteiger partial charge in [0.05, 0.1) is 17.9 Å². The van der Waals surface area contributed by atoms with Crippen LogP contribution < -0.4 is 5.73 Å². The van der Waals surface area contributed by atoms with Gasteiger partial charge < -0.3 is 15.4 Å². The third-order valence-corrected chi connectivity index (χ3v) is 3.66. The highest BCUT2D eigenvalue weighted by Gasteiger charge is 2.41. The second kappa shape index (κ2) is 7.46. The molecule has 19 heavy (non-hydrogen) atoms. The van der Waals surface area contributed by atoms with Gasteiger partial charge in [0.15, 0.2) is 0 Å². The lowest BCUT2D eigenvalue weighted by Gasteiger charge is -2.39. The zero-order chi connectivity index (χ0) is 14.3. The molecule has 0 atom stereocenters. The van der Waals surface area contributed by atoms with Crippen LogP contribution in [0.4, 0.5) is 0 Å². The highest BCUT2D eigenvalue weighted by atomic mass is 16.5. The molecular formula is C14H25N3O2. The van der Waals surface area contributed by atoms with Crippen molar-refractivity contribution in [3.8, 4) is 6.07 Å². The van der Waals surface area contributed by atoms with Crippen LogP contribution in [0.2, 0.25) is 0 Å². The van der Waals surface area contributed by atoms with E-state index in [9.17, 15) is 4.79 Å². The SMILES string of the molecule is CC(C)CN(CCC#N)C(=O)C1(CN)CCOCC1. The van der Waals surface area contributed by atoms with Crippen LogP contribution in [-0.4, -0.2) is 43.7 Å². The first-order valence-electron chi connectivity index (χ1n) is 7.00. The highest BCUT2D eigenvalue weighted by Crippen LogP contribution is 2.32. The molecule has 2 N–H and O–H groups in total. The van der Waals surface area contributed by atoms with E-state index >= 15 is 0 Å². The zero-order valence-electron chi connectivity index (χ0n) is 12.0. The molecule has 1 heterocycles. The molecule has 0 aliphatic carbocycles. The summed E-state index contributed by atoms with van der Waals surface area (Å²) in [4.78, 5) is 14.6. The van der Waals surface area contributed by atoms with Crippen molar-refractivity contribution >= 4 is 5.91 Å². The Kier molecular flexibility index (Phi) is 6.26. The van der Waals surface area contributed by atoms with Crippen LogP contribution in [0.3, 0.4) is 0 Å². The van der Waals surface area contributed by atoms with E-state index in [4.69, 9.17) is 15.7 Å². The zero-order valence-corrected chi connectivity index (χ0v) is 12.0. The quantitative estimate of drug-likeness (QED) is 0.782. The van der Waals surface area contributed by atoms with Crippen molar-refractivity contribution < 1.29 is 9.53 Å². The summed E-state index contributed by atoms with van der Waals surface area (Å²) in [5, 5.41) is 8.73. The third-order valence-electron chi connectivity index (χ3n) is 3.66. The van der Waals surface area contributed by atoms with Crippen LogP contribution in [0.5, 0.6) is 0 Å². The van der Waals surface area contributed by atoms with Crippen LogP contribution in [0.25, 0.3) is 0 Å². The number of nitriles is 1. The van der Waals surface area contributed by atoms with Gasteiger partial charge in [0.1, 0.15) is 0 Å². The Morgan fingerprint density at radius 2 is 2.11 bits per heavy atom. The molecule has 0 unspecified atom stereocenters. The number of ether oxygens (including phenoxy) is 1. The second-order valence-corrected chi connectivity index (χ2v) is 5.65. The van der Waals surface area contributed by atoms with Crippen molar-refractivity contribution in [2.75, 3.05) is 32.8 Å². The van der Waals surface area contributed by atoms with Gasteiger partial charge in [-0.05, 0) is 18.8 Å². The highest BCUT2D eigenvalue weighted by molar-refractivity contribution is 5.83. The molecule has 5 heteroatoms. The van der Waals surface area contributed by atoms with Crippen molar-refractivity contribution in [2.24, 2.45) is 17.1 Å². The predicted molar refractivity (Wildman–Crippen MR) is 73.2 cm³/mol. The smallest absolute Gasteiger partial charge is 0.230 e. The Morgan fingerprint density at radius 1 is 1.47 bits per heavy atom. The molecule has 0 aromatic rings. The summed E-state index contributed by atoms with van der Waals surface area (Å²) in [7, 11) is 0. The largest absolute Gasteiger partial charge is 0.381 e. The van der Waals surface area contributed by atoms with Gasteiger partial charge in [-0.2, -0.15) is 5.26 Å². The van der Waals surface area contributed by atoms with Crippen LogP contribution in [0.1, 0.15) is 33.1 Å². The van der Waals surface area contributed by atoms with Crippen LogP contribution in [0.15, 0.2) is 0 Å². The maximum Gasteiger partial charge on any atom is 0.230 e. The topological polar surface area (TPSA) is 79.4 Å². The number of hydrogen-bond donors (Lipinski definition) is 1. The first-order valence-corrected chi connectivity index (χ1v) is 7.00. The van der Waals surface area contributed by atoms with E-state index in [-0.39, 0.29) is 5.91 Å². The molecule has 0 saturated carbocycles. The molecule has 108 valence electrons. The van der Waals surface area contributed by atoms with Crippen molar-refractivity contribution in [3.05, 3.63) is 0 Å². The van der Waals surface area contributed by atoms with Crippen LogP contribution >= 0.6 is 0 Å². The van der Waals surface area contributed by atoms with Crippen molar-refractivity contribution in [1.29, 1.82) is 5.26 Å². The molecule has 1 amide bonds. The number of amides is 1. The normalized spacial score (nSPS) is 18.1. The van der Waals surface area contributed by atoms with Gasteiger partial charge in [-0.25, -0.2) is 0 Å². The molecule has 0 bridgehead atoms. The summed E-state index contributed by atoms with van der Waals surface area (Å²) in [5.41, 5.74) is 5.38. The Morgan fingerprint density at radius 3 is 2.58 bits per heavy atom. The Bertz CT molecular complexity index is 330. The average molecular weight is 267 g/mol. The van der Waals surface area contributed by atoms with Crippen LogP contribution in [0, 0.1) is 22.7 Å². The van der Waals surface area contributed by atoms with Gasteiger partial charge >= 0.3 is 0 Å². The minimum Gasteiger partial charge on any atom is -0.381 e. The number of nitrogens with zero attached hydrogens (tertiary/aromatic N) is 2. The van der Waals surface area contributed by atoms with Crippen molar-refractivity contribution in [3.63, 3.8) is 0 Å². The molecule has 1 saturated heterocycles. The lowest BCUT2D eigenvalue weighted by molar-refractivity contribution is -0.147. The number of hydrogen-bond acceptors (Lipinski definition) is 4. The molecule has 0 spiro atoms. The van der Waals surface area contributed by atoms with Crippen LogP contribution in [-0.2, 0) is 9.53 Å². The van der Waals surface area contributed by atoms with E-state index in [0.717, 1.165) is 0 Å². The standard InChI is InChI=1S/C14H25N3O2/c1-12(2)10-17(7-3-6-15)13(18)14(11-16)4-8-19-9-5-14/h12H,3-5,7-11,16H2,1-2H3. The molecule has 0 aromatic carbocycles.